The largest absolute Gasteiger partial charge is 0.410 e. The Balaban J connectivity index is 1.60. The fourth-order valence-electron chi connectivity index (χ4n) is 1.92. The lowest BCUT2D eigenvalue weighted by atomic mass is 10.2. The number of nitrogens with two attached hydrogens (primary N) is 1. The maximum absolute atomic E-state index is 12.3. The van der Waals surface area contributed by atoms with E-state index in [0.717, 1.165) is 4.88 Å². The smallest absolute Gasteiger partial charge is 0.277 e. The lowest BCUT2D eigenvalue weighted by molar-refractivity contribution is -0.115. The molecule has 3 aromatic rings. The van der Waals surface area contributed by atoms with E-state index in [1.165, 1.54) is 23.1 Å². The van der Waals surface area contributed by atoms with E-state index in [-0.39, 0.29) is 5.91 Å². The van der Waals surface area contributed by atoms with Crippen molar-refractivity contribution in [3.05, 3.63) is 47.3 Å². The van der Waals surface area contributed by atoms with Gasteiger partial charge in [0.1, 0.15) is 0 Å². The highest BCUT2D eigenvalue weighted by atomic mass is 32.2. The van der Waals surface area contributed by atoms with E-state index >= 15 is 0 Å². The van der Waals surface area contributed by atoms with Crippen molar-refractivity contribution in [2.45, 2.75) is 17.4 Å². The number of nitrogens with one attached hydrogen (secondary N) is 1. The number of hydrogen-bond acceptors (Lipinski definition) is 7. The van der Waals surface area contributed by atoms with E-state index < -0.39 is 11.2 Å². The molecule has 0 saturated carbocycles. The van der Waals surface area contributed by atoms with Gasteiger partial charge in [-0.1, -0.05) is 17.8 Å². The normalized spacial score (nSPS) is 11.9. The zero-order valence-corrected chi connectivity index (χ0v) is 14.8. The van der Waals surface area contributed by atoms with Crippen molar-refractivity contribution in [1.29, 1.82) is 0 Å². The van der Waals surface area contributed by atoms with E-state index in [2.05, 4.69) is 15.5 Å². The molecule has 1 unspecified atom stereocenters. The predicted octanol–water partition coefficient (Wildman–Crippen LogP) is 3.02. The molecule has 0 bridgehead atoms. The fraction of sp³-hybridized carbons (Fsp3) is 0.125. The molecule has 2 heterocycles. The Kier molecular flexibility index (Phi) is 5.15. The summed E-state index contributed by atoms with van der Waals surface area (Å²) >= 11 is 2.68. The van der Waals surface area contributed by atoms with Crippen LogP contribution >= 0.6 is 23.1 Å². The summed E-state index contributed by atoms with van der Waals surface area (Å²) in [5.74, 6) is -0.292. The molecular formula is C16H14N4O3S2. The van der Waals surface area contributed by atoms with Crippen molar-refractivity contribution in [2.75, 3.05) is 5.32 Å². The standard InChI is InChI=1S/C16H14N4O3S2/c1-9(14(22)18-11-6-4-10(5-7-11)13(17)21)25-16-20-19-15(23-16)12-3-2-8-24-12/h2-9H,1H3,(H2,17,21)(H,18,22). The Morgan fingerprint density at radius 3 is 2.64 bits per heavy atom. The van der Waals surface area contributed by atoms with Gasteiger partial charge in [-0.15, -0.1) is 21.5 Å². The van der Waals surface area contributed by atoms with Crippen LogP contribution in [0, 0.1) is 0 Å². The molecule has 128 valence electrons. The number of amides is 2. The molecule has 2 amide bonds. The van der Waals surface area contributed by atoms with Crippen molar-refractivity contribution >= 4 is 40.6 Å². The summed E-state index contributed by atoms with van der Waals surface area (Å²) in [7, 11) is 0. The van der Waals surface area contributed by atoms with Crippen LogP contribution < -0.4 is 11.1 Å². The van der Waals surface area contributed by atoms with Crippen LogP contribution in [-0.4, -0.2) is 27.3 Å². The number of thiophene rings is 1. The fourth-order valence-corrected chi connectivity index (χ4v) is 3.25. The summed E-state index contributed by atoms with van der Waals surface area (Å²) in [4.78, 5) is 24.2. The molecule has 0 saturated heterocycles. The minimum Gasteiger partial charge on any atom is -0.410 e. The van der Waals surface area contributed by atoms with Crippen molar-refractivity contribution in [1.82, 2.24) is 10.2 Å². The third kappa shape index (κ3) is 4.25. The van der Waals surface area contributed by atoms with Gasteiger partial charge in [-0.25, -0.2) is 0 Å². The average molecular weight is 374 g/mol. The van der Waals surface area contributed by atoms with Crippen molar-refractivity contribution in [3.8, 4) is 10.8 Å². The highest BCUT2D eigenvalue weighted by molar-refractivity contribution is 8.00. The maximum atomic E-state index is 12.3. The molecule has 3 N–H and O–H groups in total. The van der Waals surface area contributed by atoms with Crippen LogP contribution in [0.2, 0.25) is 0 Å². The van der Waals surface area contributed by atoms with E-state index in [0.29, 0.717) is 22.4 Å². The van der Waals surface area contributed by atoms with Crippen LogP contribution in [0.4, 0.5) is 5.69 Å². The van der Waals surface area contributed by atoms with E-state index in [1.54, 1.807) is 31.2 Å². The minimum absolute atomic E-state index is 0.215. The average Bonchev–Trinajstić information content (AvgIpc) is 3.26. The quantitative estimate of drug-likeness (QED) is 0.642. The van der Waals surface area contributed by atoms with Gasteiger partial charge in [0.25, 0.3) is 11.1 Å². The second kappa shape index (κ2) is 7.49. The third-order valence-electron chi connectivity index (χ3n) is 3.22. The van der Waals surface area contributed by atoms with Crippen LogP contribution in [0.15, 0.2) is 51.4 Å². The number of rotatable bonds is 6. The van der Waals surface area contributed by atoms with Crippen LogP contribution in [0.5, 0.6) is 0 Å². The lowest BCUT2D eigenvalue weighted by Gasteiger charge is -2.10. The number of primary amides is 1. The van der Waals surface area contributed by atoms with E-state index in [9.17, 15) is 9.59 Å². The first-order chi connectivity index (χ1) is 12.0. The summed E-state index contributed by atoms with van der Waals surface area (Å²) in [5.41, 5.74) is 6.14. The van der Waals surface area contributed by atoms with Gasteiger partial charge in [0.05, 0.1) is 10.1 Å². The van der Waals surface area contributed by atoms with Crippen molar-refractivity contribution in [2.24, 2.45) is 5.73 Å². The summed E-state index contributed by atoms with van der Waals surface area (Å²) in [6.45, 7) is 1.74. The van der Waals surface area contributed by atoms with Crippen molar-refractivity contribution in [3.63, 3.8) is 0 Å². The third-order valence-corrected chi connectivity index (χ3v) is 5.01. The summed E-state index contributed by atoms with van der Waals surface area (Å²) < 4.78 is 5.56. The molecule has 0 radical (unpaired) electrons. The summed E-state index contributed by atoms with van der Waals surface area (Å²) in [6, 6.07) is 10.1. The highest BCUT2D eigenvalue weighted by Gasteiger charge is 2.19. The van der Waals surface area contributed by atoms with Gasteiger partial charge in [-0.05, 0) is 42.6 Å². The Morgan fingerprint density at radius 2 is 2.00 bits per heavy atom. The zero-order chi connectivity index (χ0) is 17.8. The number of benzene rings is 1. The Hall–Kier alpha value is -2.65. The molecule has 2 aromatic heterocycles. The van der Waals surface area contributed by atoms with Crippen molar-refractivity contribution < 1.29 is 14.0 Å². The topological polar surface area (TPSA) is 111 Å². The number of carbonyl (C=O) groups excluding carboxylic acids is 2. The molecule has 1 aromatic carbocycles. The Morgan fingerprint density at radius 1 is 1.24 bits per heavy atom. The van der Waals surface area contributed by atoms with Gasteiger partial charge in [-0.3, -0.25) is 9.59 Å². The van der Waals surface area contributed by atoms with Gasteiger partial charge in [0.2, 0.25) is 11.8 Å². The van der Waals surface area contributed by atoms with Gasteiger partial charge in [0, 0.05) is 11.3 Å². The summed E-state index contributed by atoms with van der Waals surface area (Å²) in [5, 5.41) is 12.5. The second-order valence-corrected chi connectivity index (χ2v) is 7.28. The molecule has 0 aliphatic carbocycles. The van der Waals surface area contributed by atoms with Gasteiger partial charge < -0.3 is 15.5 Å². The molecular weight excluding hydrogens is 360 g/mol. The zero-order valence-electron chi connectivity index (χ0n) is 13.1. The number of nitrogens with zero attached hydrogens (tertiary/aromatic N) is 2. The van der Waals surface area contributed by atoms with E-state index in [1.807, 2.05) is 17.5 Å². The number of hydrogen-bond donors (Lipinski definition) is 2. The van der Waals surface area contributed by atoms with Crippen LogP contribution in [0.1, 0.15) is 17.3 Å². The number of thioether (sulfide) groups is 1. The Labute approximate surface area is 151 Å². The number of carbonyl (C=O) groups is 2. The maximum Gasteiger partial charge on any atom is 0.277 e. The second-order valence-electron chi connectivity index (χ2n) is 5.04. The highest BCUT2D eigenvalue weighted by Crippen LogP contribution is 2.28. The van der Waals surface area contributed by atoms with Crippen LogP contribution in [0.25, 0.3) is 10.8 Å². The van der Waals surface area contributed by atoms with Gasteiger partial charge >= 0.3 is 0 Å². The number of aromatic nitrogens is 2. The molecule has 0 aliphatic heterocycles. The summed E-state index contributed by atoms with van der Waals surface area (Å²) in [6.07, 6.45) is 0. The first-order valence-corrected chi connectivity index (χ1v) is 9.03. The molecule has 7 nitrogen and oxygen atoms in total. The van der Waals surface area contributed by atoms with Crippen LogP contribution in [0.3, 0.4) is 0 Å². The first kappa shape index (κ1) is 17.2. The molecule has 0 aliphatic rings. The molecule has 3 rings (SSSR count). The molecule has 0 fully saturated rings. The Bertz CT molecular complexity index is 875. The minimum atomic E-state index is -0.514. The lowest BCUT2D eigenvalue weighted by Crippen LogP contribution is -2.22. The predicted molar refractivity (Wildman–Crippen MR) is 96.5 cm³/mol. The van der Waals surface area contributed by atoms with Gasteiger partial charge in [0.15, 0.2) is 0 Å². The van der Waals surface area contributed by atoms with Gasteiger partial charge in [-0.2, -0.15) is 0 Å². The number of anilines is 1. The molecule has 9 heteroatoms. The monoisotopic (exact) mass is 374 g/mol. The van der Waals surface area contributed by atoms with Crippen LogP contribution in [-0.2, 0) is 4.79 Å². The SMILES string of the molecule is CC(Sc1nnc(-c2cccs2)o1)C(=O)Nc1ccc(C(N)=O)cc1. The first-order valence-electron chi connectivity index (χ1n) is 7.27. The van der Waals surface area contributed by atoms with E-state index in [4.69, 9.17) is 10.2 Å². The molecule has 0 spiro atoms. The molecule has 25 heavy (non-hydrogen) atoms. The molecule has 1 atom stereocenters.